The molecule has 2 aliphatic rings. The van der Waals surface area contributed by atoms with Crippen molar-refractivity contribution in [1.82, 2.24) is 0 Å². The van der Waals surface area contributed by atoms with Gasteiger partial charge in [-0.2, -0.15) is 0 Å². The molecule has 0 N–H and O–H groups in total. The van der Waals surface area contributed by atoms with E-state index >= 15 is 0 Å². The Morgan fingerprint density at radius 3 is 1.71 bits per heavy atom. The molecule has 0 aromatic rings. The van der Waals surface area contributed by atoms with E-state index in [4.69, 9.17) is 0 Å². The molecule has 0 amide bonds. The largest absolute Gasteiger partial charge is 0.0683 e. The summed E-state index contributed by atoms with van der Waals surface area (Å²) in [7, 11) is 0. The fourth-order valence-corrected chi connectivity index (χ4v) is 4.10. The molecule has 0 saturated heterocycles. The lowest BCUT2D eigenvalue weighted by atomic mass is 9.65. The van der Waals surface area contributed by atoms with E-state index in [0.29, 0.717) is 0 Å². The summed E-state index contributed by atoms with van der Waals surface area (Å²) in [5.74, 6) is 5.18. The monoisotopic (exact) mass is 238 g/mol. The zero-order valence-electron chi connectivity index (χ0n) is 12.8. The van der Waals surface area contributed by atoms with E-state index in [2.05, 4.69) is 20.8 Å². The van der Waals surface area contributed by atoms with Gasteiger partial charge < -0.3 is 0 Å². The predicted octanol–water partition coefficient (Wildman–Crippen LogP) is 5.91. The average Bonchev–Trinajstić information content (AvgIpc) is 2.33. The van der Waals surface area contributed by atoms with E-state index < -0.39 is 0 Å². The van der Waals surface area contributed by atoms with Gasteiger partial charge in [0.15, 0.2) is 0 Å². The summed E-state index contributed by atoms with van der Waals surface area (Å²) in [6.45, 7) is 11.4. The maximum Gasteiger partial charge on any atom is -0.0360 e. The lowest BCUT2D eigenvalue weighted by Crippen LogP contribution is -2.30. The van der Waals surface area contributed by atoms with Crippen molar-refractivity contribution in [3.63, 3.8) is 0 Å². The van der Waals surface area contributed by atoms with E-state index in [1.807, 2.05) is 13.8 Å². The summed E-state index contributed by atoms with van der Waals surface area (Å²) >= 11 is 0. The first-order valence-corrected chi connectivity index (χ1v) is 8.16. The molecule has 0 aliphatic heterocycles. The van der Waals surface area contributed by atoms with E-state index in [1.165, 1.54) is 44.9 Å². The van der Waals surface area contributed by atoms with Crippen molar-refractivity contribution >= 4 is 0 Å². The molecule has 0 heteroatoms. The second-order valence-electron chi connectivity index (χ2n) is 6.58. The van der Waals surface area contributed by atoms with Crippen molar-refractivity contribution < 1.29 is 0 Å². The number of rotatable bonds is 1. The van der Waals surface area contributed by atoms with E-state index in [-0.39, 0.29) is 0 Å². The number of hydrogen-bond donors (Lipinski definition) is 0. The molecule has 0 nitrogen and oxygen atoms in total. The molecule has 2 saturated carbocycles. The third kappa shape index (κ3) is 4.30. The van der Waals surface area contributed by atoms with Gasteiger partial charge in [0.2, 0.25) is 0 Å². The Hall–Kier alpha value is 0. The van der Waals surface area contributed by atoms with Gasteiger partial charge in [0, 0.05) is 0 Å². The molecule has 3 unspecified atom stereocenters. The van der Waals surface area contributed by atoms with Crippen LogP contribution in [0, 0.1) is 29.6 Å². The van der Waals surface area contributed by atoms with Gasteiger partial charge in [0.05, 0.1) is 0 Å². The quantitative estimate of drug-likeness (QED) is 0.532. The smallest absolute Gasteiger partial charge is 0.0360 e. The third-order valence-corrected chi connectivity index (χ3v) is 5.16. The van der Waals surface area contributed by atoms with E-state index in [1.54, 1.807) is 0 Å². The van der Waals surface area contributed by atoms with Crippen LogP contribution in [0.25, 0.3) is 0 Å². The maximum atomic E-state index is 2.51. The van der Waals surface area contributed by atoms with Crippen molar-refractivity contribution in [2.75, 3.05) is 0 Å². The maximum absolute atomic E-state index is 2.51. The molecule has 3 atom stereocenters. The van der Waals surface area contributed by atoms with Crippen molar-refractivity contribution in [3.8, 4) is 0 Å². The molecule has 0 radical (unpaired) electrons. The minimum absolute atomic E-state index is 0.999. The van der Waals surface area contributed by atoms with Crippen LogP contribution in [-0.4, -0.2) is 0 Å². The Balaban J connectivity index is 0.000000686. The van der Waals surface area contributed by atoms with Crippen LogP contribution >= 0.6 is 0 Å². The van der Waals surface area contributed by atoms with Gasteiger partial charge in [-0.05, 0) is 55.3 Å². The van der Waals surface area contributed by atoms with Gasteiger partial charge in [0.1, 0.15) is 0 Å². The van der Waals surface area contributed by atoms with Crippen LogP contribution in [0.2, 0.25) is 0 Å². The summed E-state index contributed by atoms with van der Waals surface area (Å²) in [6.07, 6.45) is 10.6. The van der Waals surface area contributed by atoms with Crippen LogP contribution in [-0.2, 0) is 0 Å². The van der Waals surface area contributed by atoms with Crippen LogP contribution in [0.4, 0.5) is 0 Å². The van der Waals surface area contributed by atoms with Crippen LogP contribution < -0.4 is 0 Å². The van der Waals surface area contributed by atoms with E-state index in [9.17, 15) is 0 Å². The third-order valence-electron chi connectivity index (χ3n) is 5.16. The molecule has 102 valence electrons. The zero-order valence-corrected chi connectivity index (χ0v) is 12.8. The molecule has 17 heavy (non-hydrogen) atoms. The van der Waals surface area contributed by atoms with Crippen LogP contribution in [0.1, 0.15) is 79.6 Å². The summed E-state index contributed by atoms with van der Waals surface area (Å²) in [6, 6.07) is 0. The van der Waals surface area contributed by atoms with Crippen LogP contribution in [0.5, 0.6) is 0 Å². The highest BCUT2D eigenvalue weighted by molar-refractivity contribution is 4.83. The Kier molecular flexibility index (Phi) is 6.59. The lowest BCUT2D eigenvalue weighted by Gasteiger charge is -2.40. The summed E-state index contributed by atoms with van der Waals surface area (Å²) in [5.41, 5.74) is 0. The first kappa shape index (κ1) is 15.1. The average molecular weight is 238 g/mol. The topological polar surface area (TPSA) is 0 Å². The van der Waals surface area contributed by atoms with Gasteiger partial charge in [-0.3, -0.25) is 0 Å². The van der Waals surface area contributed by atoms with Gasteiger partial charge in [-0.25, -0.2) is 0 Å². The molecule has 0 bridgehead atoms. The van der Waals surface area contributed by atoms with Crippen molar-refractivity contribution in [1.29, 1.82) is 0 Å². The molecule has 0 spiro atoms. The van der Waals surface area contributed by atoms with Gasteiger partial charge in [0.25, 0.3) is 0 Å². The Bertz CT molecular complexity index is 188. The summed E-state index contributed by atoms with van der Waals surface area (Å²) in [5, 5.41) is 0. The highest BCUT2D eigenvalue weighted by Gasteiger charge is 2.33. The highest BCUT2D eigenvalue weighted by atomic mass is 14.4. The standard InChI is InChI=1S/C15H28.C2H6/c1-11-4-7-14(8-5-11)15-9-6-12(2)10-13(15)3;1-2/h11-15H,4-10H2,1-3H3;1-2H3. The van der Waals surface area contributed by atoms with Gasteiger partial charge >= 0.3 is 0 Å². The first-order valence-electron chi connectivity index (χ1n) is 8.16. The molecule has 0 heterocycles. The van der Waals surface area contributed by atoms with Gasteiger partial charge in [-0.1, -0.05) is 53.9 Å². The Morgan fingerprint density at radius 2 is 1.18 bits per heavy atom. The summed E-state index contributed by atoms with van der Waals surface area (Å²) < 4.78 is 0. The van der Waals surface area contributed by atoms with Crippen molar-refractivity contribution in [3.05, 3.63) is 0 Å². The highest BCUT2D eigenvalue weighted by Crippen LogP contribution is 2.43. The Labute approximate surface area is 110 Å². The molecule has 2 aliphatic carbocycles. The zero-order chi connectivity index (χ0) is 12.8. The second kappa shape index (κ2) is 7.44. The SMILES string of the molecule is CC.CC1CCC(C2CCC(C)CC2C)CC1. The van der Waals surface area contributed by atoms with Crippen molar-refractivity contribution in [2.24, 2.45) is 29.6 Å². The lowest BCUT2D eigenvalue weighted by molar-refractivity contribution is 0.104. The molecule has 2 fully saturated rings. The fourth-order valence-electron chi connectivity index (χ4n) is 4.10. The predicted molar refractivity (Wildman–Crippen MR) is 78.1 cm³/mol. The van der Waals surface area contributed by atoms with E-state index in [0.717, 1.165) is 29.6 Å². The van der Waals surface area contributed by atoms with Crippen LogP contribution in [0.15, 0.2) is 0 Å². The normalized spacial score (nSPS) is 42.5. The van der Waals surface area contributed by atoms with Crippen LogP contribution in [0.3, 0.4) is 0 Å². The molecule has 0 aromatic carbocycles. The molecule has 0 aromatic heterocycles. The summed E-state index contributed by atoms with van der Waals surface area (Å²) in [4.78, 5) is 0. The van der Waals surface area contributed by atoms with Gasteiger partial charge in [-0.15, -0.1) is 0 Å². The molecular formula is C17H34. The molecular weight excluding hydrogens is 204 g/mol. The minimum Gasteiger partial charge on any atom is -0.0683 e. The number of hydrogen-bond acceptors (Lipinski definition) is 0. The molecule has 2 rings (SSSR count). The Morgan fingerprint density at radius 1 is 0.647 bits per heavy atom. The van der Waals surface area contributed by atoms with Crippen molar-refractivity contribution in [2.45, 2.75) is 79.6 Å². The first-order chi connectivity index (χ1) is 8.16. The fraction of sp³-hybridized carbons (Fsp3) is 1.00. The minimum atomic E-state index is 0.999. The second-order valence-corrected chi connectivity index (χ2v) is 6.58.